The number of aromatic hydroxyl groups is 1. The molecule has 1 unspecified atom stereocenters. The van der Waals surface area contributed by atoms with Crippen LogP contribution in [0, 0.1) is 6.92 Å². The maximum Gasteiger partial charge on any atom is 0.255 e. The molecule has 4 rings (SSSR count). The van der Waals surface area contributed by atoms with Crippen molar-refractivity contribution >= 4 is 34.4 Å². The lowest BCUT2D eigenvalue weighted by atomic mass is 10.1. The van der Waals surface area contributed by atoms with Gasteiger partial charge in [-0.2, -0.15) is 4.18 Å². The molecule has 0 saturated carbocycles. The van der Waals surface area contributed by atoms with Gasteiger partial charge in [-0.1, -0.05) is 6.07 Å². The van der Waals surface area contributed by atoms with Crippen molar-refractivity contribution in [2.24, 2.45) is 0 Å². The van der Waals surface area contributed by atoms with E-state index < -0.39 is 11.2 Å². The lowest BCUT2D eigenvalue weighted by molar-refractivity contribution is 0.102. The Balaban J connectivity index is 1.52. The van der Waals surface area contributed by atoms with Crippen LogP contribution in [0.15, 0.2) is 78.1 Å². The van der Waals surface area contributed by atoms with Gasteiger partial charge in [0, 0.05) is 47.2 Å². The van der Waals surface area contributed by atoms with E-state index in [1.54, 1.807) is 37.8 Å². The van der Waals surface area contributed by atoms with Crippen molar-refractivity contribution in [3.05, 3.63) is 84.3 Å². The number of anilines is 3. The fraction of sp³-hybridized carbons (Fsp3) is 0.120. The molecule has 9 heteroatoms. The smallest absolute Gasteiger partial charge is 0.255 e. The summed E-state index contributed by atoms with van der Waals surface area (Å²) in [6, 6.07) is 15.9. The highest BCUT2D eigenvalue weighted by Crippen LogP contribution is 2.27. The molecule has 0 aliphatic heterocycles. The Bertz CT molecular complexity index is 1320. The molecule has 3 N–H and O–H groups in total. The van der Waals surface area contributed by atoms with Crippen LogP contribution in [0.1, 0.15) is 15.9 Å². The van der Waals surface area contributed by atoms with Gasteiger partial charge in [-0.15, -0.1) is 0 Å². The molecule has 2 heterocycles. The fourth-order valence-electron chi connectivity index (χ4n) is 3.24. The van der Waals surface area contributed by atoms with Crippen LogP contribution < -0.4 is 10.6 Å². The van der Waals surface area contributed by atoms with Crippen LogP contribution in [-0.4, -0.2) is 39.3 Å². The number of rotatable bonds is 7. The second-order valence-electron chi connectivity index (χ2n) is 7.42. The van der Waals surface area contributed by atoms with Crippen molar-refractivity contribution in [2.75, 3.05) is 24.0 Å². The number of carbonyl (C=O) groups excluding carboxylic acids is 1. The first kappa shape index (κ1) is 23.2. The molecule has 1 atom stereocenters. The molecule has 0 bridgehead atoms. The molecular formula is C25H24N5O3S+. The molecule has 2 aromatic heterocycles. The third-order valence-electron chi connectivity index (χ3n) is 5.14. The van der Waals surface area contributed by atoms with Crippen LogP contribution in [0.25, 0.3) is 11.3 Å². The molecule has 0 fully saturated rings. The van der Waals surface area contributed by atoms with E-state index in [9.17, 15) is 9.90 Å². The van der Waals surface area contributed by atoms with E-state index >= 15 is 0 Å². The molecule has 2 aromatic carbocycles. The Kier molecular flexibility index (Phi) is 7.05. The van der Waals surface area contributed by atoms with Gasteiger partial charge in [0.1, 0.15) is 6.26 Å². The Hall–Kier alpha value is -3.95. The molecule has 34 heavy (non-hydrogen) atoms. The fourth-order valence-corrected chi connectivity index (χ4v) is 4.04. The Morgan fingerprint density at radius 3 is 2.68 bits per heavy atom. The number of phenols is 1. The van der Waals surface area contributed by atoms with Gasteiger partial charge in [0.25, 0.3) is 5.91 Å². The number of aromatic nitrogens is 3. The van der Waals surface area contributed by atoms with Gasteiger partial charge in [-0.25, -0.2) is 9.97 Å². The number of hydrogen-bond donors (Lipinski definition) is 3. The van der Waals surface area contributed by atoms with Crippen molar-refractivity contribution in [3.8, 4) is 17.0 Å². The van der Waals surface area contributed by atoms with Gasteiger partial charge in [-0.3, -0.25) is 9.78 Å². The van der Waals surface area contributed by atoms with E-state index in [0.29, 0.717) is 22.1 Å². The van der Waals surface area contributed by atoms with Crippen molar-refractivity contribution in [3.63, 3.8) is 0 Å². The first-order chi connectivity index (χ1) is 16.4. The summed E-state index contributed by atoms with van der Waals surface area (Å²) in [4.78, 5) is 26.4. The number of nitrogens with zero attached hydrogens (tertiary/aromatic N) is 3. The number of hydrogen-bond acceptors (Lipinski definition) is 7. The third-order valence-corrected chi connectivity index (χ3v) is 6.60. The predicted octanol–water partition coefficient (Wildman–Crippen LogP) is 4.72. The highest BCUT2D eigenvalue weighted by Gasteiger charge is 2.22. The average molecular weight is 475 g/mol. The number of benzene rings is 2. The zero-order valence-corrected chi connectivity index (χ0v) is 19.8. The Morgan fingerprint density at radius 1 is 1.09 bits per heavy atom. The molecule has 0 aliphatic carbocycles. The Morgan fingerprint density at radius 2 is 1.94 bits per heavy atom. The molecule has 0 radical (unpaired) electrons. The van der Waals surface area contributed by atoms with Crippen LogP contribution >= 0.6 is 0 Å². The largest absolute Gasteiger partial charge is 0.503 e. The van der Waals surface area contributed by atoms with E-state index in [0.717, 1.165) is 22.5 Å². The zero-order valence-electron chi connectivity index (χ0n) is 18.9. The van der Waals surface area contributed by atoms with Crippen LogP contribution in [0.4, 0.5) is 17.3 Å². The van der Waals surface area contributed by atoms with E-state index in [-0.39, 0.29) is 11.7 Å². The third kappa shape index (κ3) is 5.33. The van der Waals surface area contributed by atoms with Gasteiger partial charge in [-0.05, 0) is 55.0 Å². The highest BCUT2D eigenvalue weighted by molar-refractivity contribution is 7.91. The lowest BCUT2D eigenvalue weighted by Crippen LogP contribution is -2.13. The summed E-state index contributed by atoms with van der Waals surface area (Å²) in [7, 11) is 1.58. The lowest BCUT2D eigenvalue weighted by Gasteiger charge is -2.12. The summed E-state index contributed by atoms with van der Waals surface area (Å²) < 4.78 is 5.27. The van der Waals surface area contributed by atoms with E-state index in [1.165, 1.54) is 6.07 Å². The molecule has 8 nitrogen and oxygen atoms in total. The second kappa shape index (κ2) is 10.3. The quantitative estimate of drug-likeness (QED) is 0.333. The van der Waals surface area contributed by atoms with Gasteiger partial charge < -0.3 is 15.7 Å². The zero-order chi connectivity index (χ0) is 24.1. The summed E-state index contributed by atoms with van der Waals surface area (Å²) >= 11 is -0.556. The minimum absolute atomic E-state index is 0.0252. The molecule has 0 saturated heterocycles. The van der Waals surface area contributed by atoms with Gasteiger partial charge in [0.05, 0.1) is 12.8 Å². The van der Waals surface area contributed by atoms with E-state index in [1.807, 2.05) is 49.6 Å². The SMILES string of the molecule is CO[S+](C)c1ccc(C(=O)Nc2ccc(C)c(Nc3nccc(-c4cccnc4)n3)c2)cc1O. The molecule has 4 aromatic rings. The van der Waals surface area contributed by atoms with E-state index in [4.69, 9.17) is 4.18 Å². The van der Waals surface area contributed by atoms with Gasteiger partial charge >= 0.3 is 0 Å². The number of pyridine rings is 1. The number of phenolic OH excluding ortho intramolecular Hbond substituents is 1. The summed E-state index contributed by atoms with van der Waals surface area (Å²) in [5.74, 6) is 0.124. The molecular weight excluding hydrogens is 450 g/mol. The highest BCUT2D eigenvalue weighted by atomic mass is 32.2. The topological polar surface area (TPSA) is 109 Å². The van der Waals surface area contributed by atoms with Crippen LogP contribution in [0.3, 0.4) is 0 Å². The summed E-state index contributed by atoms with van der Waals surface area (Å²) in [6.07, 6.45) is 6.99. The minimum atomic E-state index is -0.556. The molecule has 1 amide bonds. The predicted molar refractivity (Wildman–Crippen MR) is 134 cm³/mol. The van der Waals surface area contributed by atoms with Crippen LogP contribution in [0.5, 0.6) is 5.75 Å². The summed E-state index contributed by atoms with van der Waals surface area (Å²) in [5.41, 5.74) is 4.30. The second-order valence-corrected chi connectivity index (χ2v) is 9.10. The summed E-state index contributed by atoms with van der Waals surface area (Å²) in [6.45, 7) is 1.95. The molecule has 172 valence electrons. The maximum absolute atomic E-state index is 12.8. The maximum atomic E-state index is 12.8. The standard InChI is InChI=1S/C25H23N5O3S/c1-16-6-8-19(28-24(32)17-7-9-23(22(31)13-17)34(3)33-2)14-21(16)30-25-27-12-10-20(29-25)18-5-4-11-26-15-18/h4-15H,1-3H3,(H2-,27,28,29,30,31,32)/p+1. The van der Waals surface area contributed by atoms with Gasteiger partial charge in [0.2, 0.25) is 10.8 Å². The van der Waals surface area contributed by atoms with E-state index in [2.05, 4.69) is 25.6 Å². The Labute approximate surface area is 200 Å². The number of aryl methyl sites for hydroxylation is 1. The van der Waals surface area contributed by atoms with Gasteiger partial charge in [0.15, 0.2) is 16.9 Å². The van der Waals surface area contributed by atoms with Crippen molar-refractivity contribution in [2.45, 2.75) is 11.8 Å². The van der Waals surface area contributed by atoms with Crippen molar-refractivity contribution in [1.29, 1.82) is 0 Å². The van der Waals surface area contributed by atoms with Crippen molar-refractivity contribution in [1.82, 2.24) is 15.0 Å². The normalized spacial score (nSPS) is 11.6. The van der Waals surface area contributed by atoms with Crippen LogP contribution in [0.2, 0.25) is 0 Å². The first-order valence-electron chi connectivity index (χ1n) is 10.4. The first-order valence-corrected chi connectivity index (χ1v) is 12.0. The number of nitrogens with one attached hydrogen (secondary N) is 2. The average Bonchev–Trinajstić information content (AvgIpc) is 2.86. The van der Waals surface area contributed by atoms with Crippen LogP contribution in [-0.2, 0) is 15.4 Å². The van der Waals surface area contributed by atoms with Crippen molar-refractivity contribution < 1.29 is 14.1 Å². The minimum Gasteiger partial charge on any atom is -0.503 e. The summed E-state index contributed by atoms with van der Waals surface area (Å²) in [5, 5.41) is 16.4. The number of carbonyl (C=O) groups is 1. The molecule has 0 spiro atoms. The molecule has 0 aliphatic rings. The monoisotopic (exact) mass is 474 g/mol. The number of amides is 1.